The molecule has 1 unspecified atom stereocenters. The van der Waals surface area contributed by atoms with Crippen molar-refractivity contribution in [3.05, 3.63) is 33.9 Å². The van der Waals surface area contributed by atoms with Crippen LogP contribution in [0.15, 0.2) is 22.7 Å². The third-order valence-electron chi connectivity index (χ3n) is 3.39. The third-order valence-corrected chi connectivity index (χ3v) is 4.05. The Labute approximate surface area is 103 Å². The van der Waals surface area contributed by atoms with Crippen LogP contribution in [0.25, 0.3) is 10.9 Å². The van der Waals surface area contributed by atoms with Gasteiger partial charge in [-0.3, -0.25) is 0 Å². The number of hydrogen-bond donors (Lipinski definition) is 2. The minimum Gasteiger partial charge on any atom is -0.388 e. The highest BCUT2D eigenvalue weighted by molar-refractivity contribution is 9.10. The van der Waals surface area contributed by atoms with Crippen molar-refractivity contribution in [2.24, 2.45) is 0 Å². The first-order chi connectivity index (χ1) is 7.77. The Morgan fingerprint density at radius 3 is 3.06 bits per heavy atom. The lowest BCUT2D eigenvalue weighted by molar-refractivity contribution is 0.168. The van der Waals surface area contributed by atoms with E-state index in [4.69, 9.17) is 0 Å². The molecular weight excluding hydrogens is 266 g/mol. The molecule has 0 saturated carbocycles. The number of hydrogen-bond acceptors (Lipinski definition) is 1. The van der Waals surface area contributed by atoms with Gasteiger partial charge >= 0.3 is 0 Å². The first-order valence-corrected chi connectivity index (χ1v) is 6.53. The number of halogens is 1. The molecule has 3 heteroatoms. The van der Waals surface area contributed by atoms with E-state index in [0.717, 1.165) is 41.2 Å². The van der Waals surface area contributed by atoms with Crippen LogP contribution in [0.2, 0.25) is 0 Å². The molecule has 1 aromatic heterocycles. The lowest BCUT2D eigenvalue weighted by Crippen LogP contribution is -1.96. The minimum absolute atomic E-state index is 0.305. The maximum absolute atomic E-state index is 10.2. The summed E-state index contributed by atoms with van der Waals surface area (Å²) in [4.78, 5) is 3.45. The Hall–Kier alpha value is -0.800. The largest absolute Gasteiger partial charge is 0.388 e. The monoisotopic (exact) mass is 279 g/mol. The van der Waals surface area contributed by atoms with Crippen LogP contribution in [0.1, 0.15) is 36.6 Å². The standard InChI is InChI=1S/C13H14BrNO/c14-9-5-3-4-8-12-10(15-13(8)9)6-1-2-7-11(12)16/h3-5,11,15-16H,1-2,6-7H2. The first-order valence-electron chi connectivity index (χ1n) is 5.74. The van der Waals surface area contributed by atoms with Crippen LogP contribution in [0.4, 0.5) is 0 Å². The topological polar surface area (TPSA) is 36.0 Å². The Balaban J connectivity index is 2.30. The van der Waals surface area contributed by atoms with Crippen molar-refractivity contribution in [3.63, 3.8) is 0 Å². The molecule has 1 heterocycles. The average molecular weight is 280 g/mol. The molecule has 0 bridgehead atoms. The molecule has 2 N–H and O–H groups in total. The zero-order valence-corrected chi connectivity index (χ0v) is 10.5. The van der Waals surface area contributed by atoms with E-state index in [1.807, 2.05) is 12.1 Å². The van der Waals surface area contributed by atoms with E-state index in [1.54, 1.807) is 0 Å². The van der Waals surface area contributed by atoms with E-state index in [2.05, 4.69) is 27.0 Å². The van der Waals surface area contributed by atoms with E-state index in [-0.39, 0.29) is 6.10 Å². The molecule has 1 aromatic carbocycles. The van der Waals surface area contributed by atoms with Gasteiger partial charge < -0.3 is 10.1 Å². The summed E-state index contributed by atoms with van der Waals surface area (Å²) in [6, 6.07) is 6.15. The number of aliphatic hydroxyl groups is 1. The molecule has 0 amide bonds. The Morgan fingerprint density at radius 2 is 2.19 bits per heavy atom. The van der Waals surface area contributed by atoms with Gasteiger partial charge in [-0.05, 0) is 41.3 Å². The molecule has 2 nitrogen and oxygen atoms in total. The van der Waals surface area contributed by atoms with E-state index in [1.165, 1.54) is 11.1 Å². The van der Waals surface area contributed by atoms with E-state index < -0.39 is 0 Å². The number of fused-ring (bicyclic) bond motifs is 3. The van der Waals surface area contributed by atoms with Gasteiger partial charge in [0.15, 0.2) is 0 Å². The van der Waals surface area contributed by atoms with Crippen LogP contribution in [0, 0.1) is 0 Å². The normalized spacial score (nSPS) is 20.8. The number of benzene rings is 1. The lowest BCUT2D eigenvalue weighted by Gasteiger charge is -2.07. The molecular formula is C13H14BrNO. The van der Waals surface area contributed by atoms with Crippen LogP contribution in [-0.2, 0) is 6.42 Å². The fraction of sp³-hybridized carbons (Fsp3) is 0.385. The fourth-order valence-corrected chi connectivity index (χ4v) is 3.08. The van der Waals surface area contributed by atoms with Crippen LogP contribution in [0.3, 0.4) is 0 Å². The second-order valence-corrected chi connectivity index (χ2v) is 5.30. The summed E-state index contributed by atoms with van der Waals surface area (Å²) in [5.41, 5.74) is 3.45. The maximum atomic E-state index is 10.2. The van der Waals surface area contributed by atoms with Crippen molar-refractivity contribution in [1.82, 2.24) is 4.98 Å². The highest BCUT2D eigenvalue weighted by Gasteiger charge is 2.21. The Morgan fingerprint density at radius 1 is 1.31 bits per heavy atom. The lowest BCUT2D eigenvalue weighted by atomic mass is 10.0. The SMILES string of the molecule is OC1CCCCc2[nH]c3c(Br)cccc3c21. The van der Waals surface area contributed by atoms with Gasteiger partial charge in [-0.15, -0.1) is 0 Å². The molecule has 2 aromatic rings. The second kappa shape index (κ2) is 3.90. The zero-order valence-electron chi connectivity index (χ0n) is 8.96. The molecule has 0 aliphatic heterocycles. The van der Waals surface area contributed by atoms with E-state index >= 15 is 0 Å². The van der Waals surface area contributed by atoms with Crippen molar-refractivity contribution < 1.29 is 5.11 Å². The molecule has 1 atom stereocenters. The zero-order chi connectivity index (χ0) is 11.1. The third kappa shape index (κ3) is 1.50. The van der Waals surface area contributed by atoms with Gasteiger partial charge in [0.1, 0.15) is 0 Å². The molecule has 84 valence electrons. The van der Waals surface area contributed by atoms with Gasteiger partial charge in [0.25, 0.3) is 0 Å². The minimum atomic E-state index is -0.305. The summed E-state index contributed by atoms with van der Waals surface area (Å²) in [5.74, 6) is 0. The van der Waals surface area contributed by atoms with Crippen LogP contribution < -0.4 is 0 Å². The summed E-state index contributed by atoms with van der Waals surface area (Å²) < 4.78 is 1.07. The molecule has 1 aliphatic carbocycles. The number of aliphatic hydroxyl groups excluding tert-OH is 1. The van der Waals surface area contributed by atoms with Gasteiger partial charge in [-0.25, -0.2) is 0 Å². The number of nitrogens with one attached hydrogen (secondary N) is 1. The van der Waals surface area contributed by atoms with E-state index in [0.29, 0.717) is 0 Å². The van der Waals surface area contributed by atoms with Crippen LogP contribution in [0.5, 0.6) is 0 Å². The number of aromatic nitrogens is 1. The predicted molar refractivity (Wildman–Crippen MR) is 68.5 cm³/mol. The first kappa shape index (κ1) is 10.4. The number of aromatic amines is 1. The quantitative estimate of drug-likeness (QED) is 0.709. The highest BCUT2D eigenvalue weighted by Crippen LogP contribution is 2.36. The summed E-state index contributed by atoms with van der Waals surface area (Å²) >= 11 is 3.55. The maximum Gasteiger partial charge on any atom is 0.0813 e. The predicted octanol–water partition coefficient (Wildman–Crippen LogP) is 3.69. The van der Waals surface area contributed by atoms with Gasteiger partial charge in [-0.2, -0.15) is 0 Å². The van der Waals surface area contributed by atoms with Gasteiger partial charge in [0.2, 0.25) is 0 Å². The average Bonchev–Trinajstić information content (AvgIpc) is 2.55. The summed E-state index contributed by atoms with van der Waals surface area (Å²) in [5, 5.41) is 11.3. The van der Waals surface area contributed by atoms with Crippen molar-refractivity contribution in [2.75, 3.05) is 0 Å². The number of rotatable bonds is 0. The Bertz CT molecular complexity index is 532. The van der Waals surface area contributed by atoms with Gasteiger partial charge in [0.05, 0.1) is 11.6 Å². The van der Waals surface area contributed by atoms with Crippen LogP contribution in [-0.4, -0.2) is 10.1 Å². The molecule has 3 rings (SSSR count). The number of para-hydroxylation sites is 1. The fourth-order valence-electron chi connectivity index (χ4n) is 2.62. The van der Waals surface area contributed by atoms with Crippen molar-refractivity contribution >= 4 is 26.8 Å². The van der Waals surface area contributed by atoms with Crippen LogP contribution >= 0.6 is 15.9 Å². The summed E-state index contributed by atoms with van der Waals surface area (Å²) in [7, 11) is 0. The number of H-pyrrole nitrogens is 1. The summed E-state index contributed by atoms with van der Waals surface area (Å²) in [6.45, 7) is 0. The van der Waals surface area contributed by atoms with Gasteiger partial charge in [0, 0.05) is 21.1 Å². The highest BCUT2D eigenvalue weighted by atomic mass is 79.9. The van der Waals surface area contributed by atoms with Crippen molar-refractivity contribution in [1.29, 1.82) is 0 Å². The molecule has 0 radical (unpaired) electrons. The smallest absolute Gasteiger partial charge is 0.0813 e. The summed E-state index contributed by atoms with van der Waals surface area (Å²) in [6.07, 6.45) is 3.90. The molecule has 0 spiro atoms. The van der Waals surface area contributed by atoms with E-state index in [9.17, 15) is 5.11 Å². The second-order valence-electron chi connectivity index (χ2n) is 4.44. The molecule has 16 heavy (non-hydrogen) atoms. The van der Waals surface area contributed by atoms with Gasteiger partial charge in [-0.1, -0.05) is 18.6 Å². The molecule has 0 fully saturated rings. The Kier molecular flexibility index (Phi) is 2.52. The van der Waals surface area contributed by atoms with Crippen molar-refractivity contribution in [3.8, 4) is 0 Å². The number of aryl methyl sites for hydroxylation is 1. The molecule has 0 saturated heterocycles. The molecule has 1 aliphatic rings. The van der Waals surface area contributed by atoms with Crippen molar-refractivity contribution in [2.45, 2.75) is 31.8 Å².